The highest BCUT2D eigenvalue weighted by Crippen LogP contribution is 2.11. The maximum atomic E-state index is 10.7. The van der Waals surface area contributed by atoms with Gasteiger partial charge in [0.1, 0.15) is 12.0 Å². The van der Waals surface area contributed by atoms with Crippen LogP contribution in [0.3, 0.4) is 0 Å². The van der Waals surface area contributed by atoms with Crippen molar-refractivity contribution in [1.29, 1.82) is 0 Å². The number of carbonyl (C=O) groups is 1. The van der Waals surface area contributed by atoms with Gasteiger partial charge in [0.15, 0.2) is 0 Å². The zero-order chi connectivity index (χ0) is 9.14. The molecular weight excluding hydrogens is 176 g/mol. The standard InChI is InChI=1S/C8H9ClN2O/c1-5(2)6-3-7(8(9)12)11-4-10-6/h3-5H,1-2H3. The molecule has 0 N–H and O–H groups in total. The Morgan fingerprint density at radius 3 is 2.67 bits per heavy atom. The first-order chi connectivity index (χ1) is 5.61. The average molecular weight is 185 g/mol. The van der Waals surface area contributed by atoms with Crippen molar-refractivity contribution in [3.05, 3.63) is 23.8 Å². The molecule has 0 unspecified atom stereocenters. The lowest BCUT2D eigenvalue weighted by atomic mass is 10.1. The monoisotopic (exact) mass is 184 g/mol. The molecule has 0 aliphatic rings. The minimum absolute atomic E-state index is 0.260. The zero-order valence-electron chi connectivity index (χ0n) is 6.91. The molecule has 1 rings (SSSR count). The van der Waals surface area contributed by atoms with Crippen molar-refractivity contribution in [2.75, 3.05) is 0 Å². The van der Waals surface area contributed by atoms with E-state index in [1.807, 2.05) is 13.8 Å². The second kappa shape index (κ2) is 3.63. The fraction of sp³-hybridized carbons (Fsp3) is 0.375. The third-order valence-electron chi connectivity index (χ3n) is 1.48. The van der Waals surface area contributed by atoms with Gasteiger partial charge in [-0.05, 0) is 23.6 Å². The Bertz CT molecular complexity index is 299. The summed E-state index contributed by atoms with van der Waals surface area (Å²) in [5.74, 6) is 0.280. The van der Waals surface area contributed by atoms with Gasteiger partial charge in [-0.2, -0.15) is 0 Å². The van der Waals surface area contributed by atoms with Crippen LogP contribution in [0.5, 0.6) is 0 Å². The van der Waals surface area contributed by atoms with E-state index < -0.39 is 5.24 Å². The van der Waals surface area contributed by atoms with Crippen molar-refractivity contribution in [2.24, 2.45) is 0 Å². The minimum Gasteiger partial charge on any atom is -0.274 e. The number of hydrogen-bond acceptors (Lipinski definition) is 3. The number of carbonyl (C=O) groups excluding carboxylic acids is 1. The molecule has 4 heteroatoms. The first-order valence-electron chi connectivity index (χ1n) is 3.63. The van der Waals surface area contributed by atoms with Crippen LogP contribution in [0.2, 0.25) is 0 Å². The van der Waals surface area contributed by atoms with E-state index in [9.17, 15) is 4.79 Å². The van der Waals surface area contributed by atoms with Crippen molar-refractivity contribution in [2.45, 2.75) is 19.8 Å². The third kappa shape index (κ3) is 2.01. The molecule has 1 heterocycles. The van der Waals surface area contributed by atoms with Gasteiger partial charge >= 0.3 is 0 Å². The van der Waals surface area contributed by atoms with E-state index in [1.165, 1.54) is 6.33 Å². The van der Waals surface area contributed by atoms with Gasteiger partial charge in [0.2, 0.25) is 0 Å². The predicted molar refractivity (Wildman–Crippen MR) is 46.3 cm³/mol. The van der Waals surface area contributed by atoms with Gasteiger partial charge in [-0.1, -0.05) is 13.8 Å². The summed E-state index contributed by atoms with van der Waals surface area (Å²) in [4.78, 5) is 18.4. The number of aromatic nitrogens is 2. The second-order valence-corrected chi connectivity index (χ2v) is 3.10. The smallest absolute Gasteiger partial charge is 0.270 e. The topological polar surface area (TPSA) is 42.9 Å². The summed E-state index contributed by atoms with van der Waals surface area (Å²) in [7, 11) is 0. The SMILES string of the molecule is CC(C)c1cc(C(=O)Cl)ncn1. The van der Waals surface area contributed by atoms with Gasteiger partial charge in [0.05, 0.1) is 0 Å². The van der Waals surface area contributed by atoms with Crippen LogP contribution in [0, 0.1) is 0 Å². The highest BCUT2D eigenvalue weighted by molar-refractivity contribution is 6.67. The van der Waals surface area contributed by atoms with E-state index in [1.54, 1.807) is 6.07 Å². The Balaban J connectivity index is 3.04. The highest BCUT2D eigenvalue weighted by Gasteiger charge is 2.06. The first-order valence-corrected chi connectivity index (χ1v) is 4.01. The van der Waals surface area contributed by atoms with Crippen molar-refractivity contribution in [3.8, 4) is 0 Å². The quantitative estimate of drug-likeness (QED) is 0.661. The molecule has 12 heavy (non-hydrogen) atoms. The van der Waals surface area contributed by atoms with Crippen LogP contribution in [-0.4, -0.2) is 15.2 Å². The number of nitrogens with zero attached hydrogens (tertiary/aromatic N) is 2. The summed E-state index contributed by atoms with van der Waals surface area (Å²) in [5, 5.41) is -0.542. The largest absolute Gasteiger partial charge is 0.274 e. The molecule has 0 saturated heterocycles. The normalized spacial score (nSPS) is 10.3. The Morgan fingerprint density at radius 1 is 1.50 bits per heavy atom. The molecule has 1 aromatic heterocycles. The van der Waals surface area contributed by atoms with E-state index in [-0.39, 0.29) is 11.6 Å². The van der Waals surface area contributed by atoms with Crippen LogP contribution in [0.1, 0.15) is 35.9 Å². The molecule has 1 aromatic rings. The third-order valence-corrected chi connectivity index (χ3v) is 1.67. The predicted octanol–water partition coefficient (Wildman–Crippen LogP) is 1.98. The maximum Gasteiger partial charge on any atom is 0.270 e. The number of hydrogen-bond donors (Lipinski definition) is 0. The van der Waals surface area contributed by atoms with Crippen molar-refractivity contribution in [1.82, 2.24) is 9.97 Å². The molecule has 3 nitrogen and oxygen atoms in total. The molecule has 0 aliphatic carbocycles. The molecule has 0 spiro atoms. The van der Waals surface area contributed by atoms with Gasteiger partial charge < -0.3 is 0 Å². The lowest BCUT2D eigenvalue weighted by molar-refractivity contribution is 0.107. The van der Waals surface area contributed by atoms with Crippen LogP contribution in [0.4, 0.5) is 0 Å². The molecular formula is C8H9ClN2O. The van der Waals surface area contributed by atoms with E-state index in [4.69, 9.17) is 11.6 Å². The molecule has 0 saturated carbocycles. The zero-order valence-corrected chi connectivity index (χ0v) is 7.67. The van der Waals surface area contributed by atoms with Gasteiger partial charge in [-0.25, -0.2) is 9.97 Å². The van der Waals surface area contributed by atoms with Crippen LogP contribution >= 0.6 is 11.6 Å². The summed E-state index contributed by atoms with van der Waals surface area (Å²) in [6.07, 6.45) is 1.35. The number of rotatable bonds is 2. The van der Waals surface area contributed by atoms with Crippen molar-refractivity contribution >= 4 is 16.8 Å². The van der Waals surface area contributed by atoms with Gasteiger partial charge in [0, 0.05) is 5.69 Å². The van der Waals surface area contributed by atoms with Crippen molar-refractivity contribution < 1.29 is 4.79 Å². The van der Waals surface area contributed by atoms with E-state index >= 15 is 0 Å². The van der Waals surface area contributed by atoms with Crippen molar-refractivity contribution in [3.63, 3.8) is 0 Å². The van der Waals surface area contributed by atoms with Gasteiger partial charge in [-0.15, -0.1) is 0 Å². The van der Waals surface area contributed by atoms with E-state index in [2.05, 4.69) is 9.97 Å². The average Bonchev–Trinajstić information content (AvgIpc) is 2.04. The Hall–Kier alpha value is -0.960. The fourth-order valence-electron chi connectivity index (χ4n) is 0.796. The lowest BCUT2D eigenvalue weighted by Crippen LogP contribution is -1.99. The van der Waals surface area contributed by atoms with Crippen LogP contribution in [0.15, 0.2) is 12.4 Å². The summed E-state index contributed by atoms with van der Waals surface area (Å²) in [6, 6.07) is 1.61. The number of halogens is 1. The molecule has 0 bridgehead atoms. The van der Waals surface area contributed by atoms with Crippen LogP contribution < -0.4 is 0 Å². The summed E-state index contributed by atoms with van der Waals surface area (Å²) < 4.78 is 0. The van der Waals surface area contributed by atoms with Gasteiger partial charge in [0.25, 0.3) is 5.24 Å². The fourth-order valence-corrected chi connectivity index (χ4v) is 0.899. The second-order valence-electron chi connectivity index (χ2n) is 2.76. The minimum atomic E-state index is -0.542. The Kier molecular flexibility index (Phi) is 2.76. The molecule has 0 aromatic carbocycles. The highest BCUT2D eigenvalue weighted by atomic mass is 35.5. The Labute approximate surface area is 75.8 Å². The lowest BCUT2D eigenvalue weighted by Gasteiger charge is -2.02. The molecule has 0 atom stereocenters. The summed E-state index contributed by atoms with van der Waals surface area (Å²) in [6.45, 7) is 3.98. The van der Waals surface area contributed by atoms with Crippen LogP contribution in [0.25, 0.3) is 0 Å². The van der Waals surface area contributed by atoms with E-state index in [0.717, 1.165) is 5.69 Å². The maximum absolute atomic E-state index is 10.7. The van der Waals surface area contributed by atoms with E-state index in [0.29, 0.717) is 0 Å². The Morgan fingerprint density at radius 2 is 2.17 bits per heavy atom. The molecule has 0 amide bonds. The molecule has 64 valence electrons. The molecule has 0 radical (unpaired) electrons. The summed E-state index contributed by atoms with van der Waals surface area (Å²) >= 11 is 5.25. The first kappa shape index (κ1) is 9.13. The molecule has 0 fully saturated rings. The summed E-state index contributed by atoms with van der Waals surface area (Å²) in [5.41, 5.74) is 1.09. The van der Waals surface area contributed by atoms with Gasteiger partial charge in [-0.3, -0.25) is 4.79 Å². The van der Waals surface area contributed by atoms with Crippen LogP contribution in [-0.2, 0) is 0 Å². The molecule has 0 aliphatic heterocycles.